The molecule has 0 fully saturated rings. The molecule has 32 heavy (non-hydrogen) atoms. The molecule has 0 aliphatic heterocycles. The Balaban J connectivity index is 2.40. The Morgan fingerprint density at radius 3 is 1.75 bits per heavy atom. The molecule has 0 N–H and O–H groups in total. The highest BCUT2D eigenvalue weighted by Gasteiger charge is 2.25. The van der Waals surface area contributed by atoms with Crippen molar-refractivity contribution in [1.82, 2.24) is 0 Å². The molecule has 0 aromatic heterocycles. The highest BCUT2D eigenvalue weighted by molar-refractivity contribution is 6.12. The summed E-state index contributed by atoms with van der Waals surface area (Å²) >= 11 is 0. The fraction of sp³-hybridized carbons (Fsp3) is 0.115. The van der Waals surface area contributed by atoms with E-state index >= 15 is 0 Å². The highest BCUT2D eigenvalue weighted by Crippen LogP contribution is 2.46. The number of benzene rings is 3. The van der Waals surface area contributed by atoms with E-state index in [1.165, 1.54) is 20.8 Å². The lowest BCUT2D eigenvalue weighted by Crippen LogP contribution is -2.16. The molecule has 0 bridgehead atoms. The third kappa shape index (κ3) is 4.44. The van der Waals surface area contributed by atoms with Gasteiger partial charge >= 0.3 is 17.9 Å². The van der Waals surface area contributed by atoms with Gasteiger partial charge in [-0.25, -0.2) is 14.4 Å². The van der Waals surface area contributed by atoms with Crippen LogP contribution < -0.4 is 14.2 Å². The zero-order chi connectivity index (χ0) is 23.6. The molecule has 0 radical (unpaired) electrons. The van der Waals surface area contributed by atoms with Gasteiger partial charge in [-0.3, -0.25) is 0 Å². The molecule has 3 aromatic rings. The van der Waals surface area contributed by atoms with Gasteiger partial charge < -0.3 is 14.2 Å². The van der Waals surface area contributed by atoms with Gasteiger partial charge in [0.25, 0.3) is 0 Å². The maximum Gasteiger partial charge on any atom is 0.338 e. The van der Waals surface area contributed by atoms with Crippen LogP contribution in [0, 0.1) is 0 Å². The summed E-state index contributed by atoms with van der Waals surface area (Å²) < 4.78 is 16.5. The lowest BCUT2D eigenvalue weighted by Gasteiger charge is -2.18. The number of hydrogen-bond acceptors (Lipinski definition) is 6. The van der Waals surface area contributed by atoms with Crippen molar-refractivity contribution in [3.63, 3.8) is 0 Å². The standard InChI is InChI=1S/C26H22O6/c1-14(2)24(27)30-21-13-20-18-10-8-7-9-17(18)11-12-19(20)22(31-25(28)15(3)4)23(21)32-26(29)16(5)6/h7-13H,1,3,5H2,2,4,6H3. The minimum Gasteiger partial charge on any atom is -0.419 e. The predicted octanol–water partition coefficient (Wildman–Crippen LogP) is 5.44. The van der Waals surface area contributed by atoms with E-state index in [2.05, 4.69) is 19.7 Å². The van der Waals surface area contributed by atoms with Crippen LogP contribution in [-0.4, -0.2) is 17.9 Å². The van der Waals surface area contributed by atoms with Crippen LogP contribution in [0.1, 0.15) is 20.8 Å². The predicted molar refractivity (Wildman–Crippen MR) is 123 cm³/mol. The van der Waals surface area contributed by atoms with Crippen LogP contribution in [0.15, 0.2) is 78.9 Å². The van der Waals surface area contributed by atoms with Gasteiger partial charge in [0.1, 0.15) is 0 Å². The van der Waals surface area contributed by atoms with Crippen LogP contribution in [0.2, 0.25) is 0 Å². The molecule has 162 valence electrons. The minimum absolute atomic E-state index is 0.0691. The fourth-order valence-corrected chi connectivity index (χ4v) is 2.90. The van der Waals surface area contributed by atoms with Crippen LogP contribution in [0.25, 0.3) is 21.5 Å². The fourth-order valence-electron chi connectivity index (χ4n) is 2.90. The van der Waals surface area contributed by atoms with E-state index in [1.807, 2.05) is 30.3 Å². The van der Waals surface area contributed by atoms with Crippen molar-refractivity contribution in [2.45, 2.75) is 20.8 Å². The largest absolute Gasteiger partial charge is 0.419 e. The van der Waals surface area contributed by atoms with E-state index in [4.69, 9.17) is 14.2 Å². The third-order valence-corrected chi connectivity index (χ3v) is 4.56. The van der Waals surface area contributed by atoms with E-state index in [-0.39, 0.29) is 34.0 Å². The number of carbonyl (C=O) groups is 3. The highest BCUT2D eigenvalue weighted by atomic mass is 16.6. The van der Waals surface area contributed by atoms with Gasteiger partial charge in [0.05, 0.1) is 0 Å². The van der Waals surface area contributed by atoms with E-state index in [0.29, 0.717) is 10.8 Å². The topological polar surface area (TPSA) is 78.9 Å². The normalized spacial score (nSPS) is 10.5. The molecular formula is C26H22O6. The maximum absolute atomic E-state index is 12.4. The molecular weight excluding hydrogens is 408 g/mol. The van der Waals surface area contributed by atoms with Crippen molar-refractivity contribution < 1.29 is 28.6 Å². The molecule has 0 saturated carbocycles. The summed E-state index contributed by atoms with van der Waals surface area (Å²) in [6.07, 6.45) is 0. The number of hydrogen-bond donors (Lipinski definition) is 0. The van der Waals surface area contributed by atoms with Gasteiger partial charge in [-0.1, -0.05) is 50.1 Å². The minimum atomic E-state index is -0.773. The van der Waals surface area contributed by atoms with Gasteiger partial charge in [-0.15, -0.1) is 0 Å². The van der Waals surface area contributed by atoms with Crippen molar-refractivity contribution in [3.8, 4) is 17.2 Å². The smallest absolute Gasteiger partial charge is 0.338 e. The summed E-state index contributed by atoms with van der Waals surface area (Å²) in [6, 6.07) is 12.7. The van der Waals surface area contributed by atoms with Crippen LogP contribution in [0.5, 0.6) is 17.2 Å². The number of fused-ring (bicyclic) bond motifs is 3. The van der Waals surface area contributed by atoms with Crippen molar-refractivity contribution >= 4 is 39.5 Å². The molecule has 0 spiro atoms. The van der Waals surface area contributed by atoms with Crippen LogP contribution in [-0.2, 0) is 14.4 Å². The molecule has 6 nitrogen and oxygen atoms in total. The number of ether oxygens (including phenoxy) is 3. The Bertz CT molecular complexity index is 1330. The molecule has 0 amide bonds. The third-order valence-electron chi connectivity index (χ3n) is 4.56. The quantitative estimate of drug-likeness (QED) is 0.224. The van der Waals surface area contributed by atoms with Crippen molar-refractivity contribution in [2.24, 2.45) is 0 Å². The van der Waals surface area contributed by atoms with E-state index in [1.54, 1.807) is 12.1 Å². The van der Waals surface area contributed by atoms with E-state index < -0.39 is 17.9 Å². The van der Waals surface area contributed by atoms with Gasteiger partial charge in [0.15, 0.2) is 11.5 Å². The number of carbonyl (C=O) groups excluding carboxylic acids is 3. The zero-order valence-corrected chi connectivity index (χ0v) is 18.1. The first-order valence-electron chi connectivity index (χ1n) is 9.71. The average Bonchev–Trinajstić information content (AvgIpc) is 2.75. The molecule has 6 heteroatoms. The first kappa shape index (κ1) is 22.5. The van der Waals surface area contributed by atoms with Crippen LogP contribution in [0.4, 0.5) is 0 Å². The zero-order valence-electron chi connectivity index (χ0n) is 18.1. The van der Waals surface area contributed by atoms with Crippen molar-refractivity contribution in [1.29, 1.82) is 0 Å². The summed E-state index contributed by atoms with van der Waals surface area (Å²) in [7, 11) is 0. The van der Waals surface area contributed by atoms with Crippen molar-refractivity contribution in [2.75, 3.05) is 0 Å². The summed E-state index contributed by atoms with van der Waals surface area (Å²) in [6.45, 7) is 15.2. The summed E-state index contributed by atoms with van der Waals surface area (Å²) in [5.41, 5.74) is 0.388. The molecule has 3 aromatic carbocycles. The van der Waals surface area contributed by atoms with E-state index in [9.17, 15) is 14.4 Å². The summed E-state index contributed by atoms with van der Waals surface area (Å²) in [5.74, 6) is -2.61. The Morgan fingerprint density at radius 1 is 0.625 bits per heavy atom. The first-order chi connectivity index (χ1) is 15.1. The SMILES string of the molecule is C=C(C)C(=O)Oc1cc2c(ccc3ccccc32)c(OC(=O)C(=C)C)c1OC(=O)C(=C)C. The Morgan fingerprint density at radius 2 is 1.16 bits per heavy atom. The van der Waals surface area contributed by atoms with Gasteiger partial charge in [0, 0.05) is 22.1 Å². The number of esters is 3. The maximum atomic E-state index is 12.4. The van der Waals surface area contributed by atoms with Crippen molar-refractivity contribution in [3.05, 3.63) is 78.9 Å². The molecule has 0 unspecified atom stereocenters. The molecule has 0 heterocycles. The van der Waals surface area contributed by atoms with Gasteiger partial charge in [-0.05, 0) is 49.1 Å². The van der Waals surface area contributed by atoms with Crippen LogP contribution >= 0.6 is 0 Å². The van der Waals surface area contributed by atoms with Crippen LogP contribution in [0.3, 0.4) is 0 Å². The molecule has 0 aliphatic carbocycles. The summed E-state index contributed by atoms with van der Waals surface area (Å²) in [4.78, 5) is 37.1. The second kappa shape index (κ2) is 8.89. The first-order valence-corrected chi connectivity index (χ1v) is 9.71. The lowest BCUT2D eigenvalue weighted by atomic mass is 10.0. The molecule has 3 rings (SSSR count). The Kier molecular flexibility index (Phi) is 6.25. The Labute approximate surface area is 185 Å². The summed E-state index contributed by atoms with van der Waals surface area (Å²) in [5, 5.41) is 2.86. The average molecular weight is 430 g/mol. The molecule has 0 aliphatic rings. The lowest BCUT2D eigenvalue weighted by molar-refractivity contribution is -0.133. The van der Waals surface area contributed by atoms with E-state index in [0.717, 1.165) is 10.8 Å². The Hall–Kier alpha value is -4.19. The second-order valence-corrected chi connectivity index (χ2v) is 7.42. The van der Waals surface area contributed by atoms with Gasteiger partial charge in [-0.2, -0.15) is 0 Å². The van der Waals surface area contributed by atoms with Gasteiger partial charge in [0.2, 0.25) is 5.75 Å². The molecule has 0 saturated heterocycles. The monoisotopic (exact) mass is 430 g/mol. The second-order valence-electron chi connectivity index (χ2n) is 7.42. The number of rotatable bonds is 6. The molecule has 0 atom stereocenters.